The van der Waals surface area contributed by atoms with Crippen LogP contribution in [-0.2, 0) is 16.1 Å². The Morgan fingerprint density at radius 2 is 2.12 bits per heavy atom. The van der Waals surface area contributed by atoms with Gasteiger partial charge in [-0.05, 0) is 36.8 Å². The molecule has 26 heavy (non-hydrogen) atoms. The quantitative estimate of drug-likeness (QED) is 0.802. The molecule has 3 rings (SSSR count). The molecule has 0 saturated carbocycles. The Bertz CT molecular complexity index is 795. The van der Waals surface area contributed by atoms with Crippen molar-refractivity contribution in [3.05, 3.63) is 24.0 Å². The second-order valence-electron chi connectivity index (χ2n) is 7.06. The van der Waals surface area contributed by atoms with Gasteiger partial charge in [0.05, 0.1) is 5.39 Å². The molecule has 2 aromatic heterocycles. The van der Waals surface area contributed by atoms with Crippen molar-refractivity contribution in [3.8, 4) is 0 Å². The highest BCUT2D eigenvalue weighted by Gasteiger charge is 2.26. The summed E-state index contributed by atoms with van der Waals surface area (Å²) in [5.41, 5.74) is 6.34. The molecule has 0 aromatic carbocycles. The van der Waals surface area contributed by atoms with E-state index in [4.69, 9.17) is 10.5 Å². The first kappa shape index (κ1) is 18.3. The van der Waals surface area contributed by atoms with Gasteiger partial charge in [-0.3, -0.25) is 9.59 Å². The molecule has 8 heteroatoms. The normalized spacial score (nSPS) is 16.7. The van der Waals surface area contributed by atoms with Crippen molar-refractivity contribution < 1.29 is 14.3 Å². The van der Waals surface area contributed by atoms with Crippen LogP contribution in [0.3, 0.4) is 0 Å². The average molecular weight is 359 g/mol. The van der Waals surface area contributed by atoms with Gasteiger partial charge in [0, 0.05) is 26.0 Å². The van der Waals surface area contributed by atoms with E-state index in [0.29, 0.717) is 23.5 Å². The van der Waals surface area contributed by atoms with E-state index in [-0.39, 0.29) is 11.6 Å². The maximum absolute atomic E-state index is 12.7. The van der Waals surface area contributed by atoms with Crippen molar-refractivity contribution in [3.63, 3.8) is 0 Å². The fourth-order valence-electron chi connectivity index (χ4n) is 3.25. The highest BCUT2D eigenvalue weighted by Crippen LogP contribution is 2.22. The molecule has 0 bridgehead atoms. The molecule has 1 aliphatic heterocycles. The molecule has 1 unspecified atom stereocenters. The van der Waals surface area contributed by atoms with Crippen LogP contribution in [0.2, 0.25) is 0 Å². The van der Waals surface area contributed by atoms with E-state index in [9.17, 15) is 9.59 Å². The van der Waals surface area contributed by atoms with Gasteiger partial charge in [-0.25, -0.2) is 9.67 Å². The summed E-state index contributed by atoms with van der Waals surface area (Å²) >= 11 is 0. The molecule has 3 N–H and O–H groups in total. The number of carbonyl (C=O) groups is 2. The molecule has 0 aliphatic carbocycles. The highest BCUT2D eigenvalue weighted by molar-refractivity contribution is 6.05. The zero-order valence-corrected chi connectivity index (χ0v) is 15.1. The van der Waals surface area contributed by atoms with Crippen molar-refractivity contribution >= 4 is 22.8 Å². The SMILES string of the molecule is CC(C)C(NC(=O)c1nn(CC2CCOCC2)c2ncccc12)C(N)=O. The van der Waals surface area contributed by atoms with Crippen molar-refractivity contribution in [2.45, 2.75) is 39.3 Å². The Kier molecular flexibility index (Phi) is 5.51. The van der Waals surface area contributed by atoms with E-state index in [1.54, 1.807) is 16.9 Å². The van der Waals surface area contributed by atoms with Crippen molar-refractivity contribution in [1.82, 2.24) is 20.1 Å². The summed E-state index contributed by atoms with van der Waals surface area (Å²) in [4.78, 5) is 28.7. The Hall–Kier alpha value is -2.48. The average Bonchev–Trinajstić information content (AvgIpc) is 2.99. The van der Waals surface area contributed by atoms with Crippen molar-refractivity contribution in [2.24, 2.45) is 17.6 Å². The number of amides is 2. The van der Waals surface area contributed by atoms with Gasteiger partial charge >= 0.3 is 0 Å². The van der Waals surface area contributed by atoms with E-state index < -0.39 is 17.9 Å². The smallest absolute Gasteiger partial charge is 0.273 e. The third kappa shape index (κ3) is 3.85. The van der Waals surface area contributed by atoms with E-state index in [2.05, 4.69) is 15.4 Å². The lowest BCUT2D eigenvalue weighted by Crippen LogP contribution is -2.47. The Balaban J connectivity index is 1.88. The number of fused-ring (bicyclic) bond motifs is 1. The van der Waals surface area contributed by atoms with Crippen LogP contribution >= 0.6 is 0 Å². The fraction of sp³-hybridized carbons (Fsp3) is 0.556. The van der Waals surface area contributed by atoms with E-state index >= 15 is 0 Å². The third-order valence-corrected chi connectivity index (χ3v) is 4.75. The summed E-state index contributed by atoms with van der Waals surface area (Å²) in [6.07, 6.45) is 3.62. The number of nitrogens with two attached hydrogens (primary N) is 1. The van der Waals surface area contributed by atoms with Crippen LogP contribution in [-0.4, -0.2) is 45.8 Å². The number of rotatable bonds is 6. The molecule has 1 fully saturated rings. The summed E-state index contributed by atoms with van der Waals surface area (Å²) in [5.74, 6) is -0.632. The predicted octanol–water partition coefficient (Wildman–Crippen LogP) is 1.10. The van der Waals surface area contributed by atoms with E-state index in [1.807, 2.05) is 19.9 Å². The Morgan fingerprint density at radius 3 is 2.77 bits per heavy atom. The number of hydrogen-bond acceptors (Lipinski definition) is 5. The second-order valence-corrected chi connectivity index (χ2v) is 7.06. The number of carbonyl (C=O) groups excluding carboxylic acids is 2. The molecule has 0 radical (unpaired) electrons. The van der Waals surface area contributed by atoms with Gasteiger partial charge in [0.2, 0.25) is 5.91 Å². The van der Waals surface area contributed by atoms with Crippen molar-refractivity contribution in [2.75, 3.05) is 13.2 Å². The van der Waals surface area contributed by atoms with Gasteiger partial charge in [0.1, 0.15) is 6.04 Å². The molecular weight excluding hydrogens is 334 g/mol. The first-order valence-electron chi connectivity index (χ1n) is 8.96. The molecule has 140 valence electrons. The summed E-state index contributed by atoms with van der Waals surface area (Å²) in [6.45, 7) is 5.85. The molecule has 2 amide bonds. The van der Waals surface area contributed by atoms with Gasteiger partial charge in [-0.2, -0.15) is 5.10 Å². The lowest BCUT2D eigenvalue weighted by Gasteiger charge is -2.21. The maximum Gasteiger partial charge on any atom is 0.273 e. The van der Waals surface area contributed by atoms with Gasteiger partial charge < -0.3 is 15.8 Å². The number of nitrogens with one attached hydrogen (secondary N) is 1. The Labute approximate surface area is 152 Å². The number of hydrogen-bond donors (Lipinski definition) is 2. The molecular formula is C18H25N5O3. The number of nitrogens with zero attached hydrogens (tertiary/aromatic N) is 3. The van der Waals surface area contributed by atoms with Crippen molar-refractivity contribution in [1.29, 1.82) is 0 Å². The Morgan fingerprint density at radius 1 is 1.38 bits per heavy atom. The zero-order valence-electron chi connectivity index (χ0n) is 15.1. The van der Waals surface area contributed by atoms with Gasteiger partial charge in [0.15, 0.2) is 11.3 Å². The van der Waals surface area contributed by atoms with Gasteiger partial charge in [0.25, 0.3) is 5.91 Å². The molecule has 1 atom stereocenters. The number of ether oxygens (including phenoxy) is 1. The molecule has 3 heterocycles. The molecule has 2 aromatic rings. The lowest BCUT2D eigenvalue weighted by molar-refractivity contribution is -0.120. The molecule has 8 nitrogen and oxygen atoms in total. The van der Waals surface area contributed by atoms with E-state index in [1.165, 1.54) is 0 Å². The van der Waals surface area contributed by atoms with Crippen LogP contribution in [0.15, 0.2) is 18.3 Å². The molecule has 1 saturated heterocycles. The lowest BCUT2D eigenvalue weighted by atomic mass is 10.0. The number of pyridine rings is 1. The summed E-state index contributed by atoms with van der Waals surface area (Å²) in [7, 11) is 0. The minimum absolute atomic E-state index is 0.106. The highest BCUT2D eigenvalue weighted by atomic mass is 16.5. The topological polar surface area (TPSA) is 112 Å². The predicted molar refractivity (Wildman–Crippen MR) is 96.4 cm³/mol. The first-order chi connectivity index (χ1) is 12.5. The van der Waals surface area contributed by atoms with Gasteiger partial charge in [-0.1, -0.05) is 13.8 Å². The van der Waals surface area contributed by atoms with Crippen LogP contribution in [0.1, 0.15) is 37.2 Å². The minimum atomic E-state index is -0.741. The zero-order chi connectivity index (χ0) is 18.7. The number of primary amides is 1. The van der Waals surface area contributed by atoms with Crippen LogP contribution in [0.4, 0.5) is 0 Å². The number of aromatic nitrogens is 3. The second kappa shape index (κ2) is 7.82. The fourth-order valence-corrected chi connectivity index (χ4v) is 3.25. The summed E-state index contributed by atoms with van der Waals surface area (Å²) in [6, 6.07) is 2.85. The molecule has 0 spiro atoms. The first-order valence-corrected chi connectivity index (χ1v) is 8.96. The molecule has 1 aliphatic rings. The van der Waals surface area contributed by atoms with Crippen LogP contribution < -0.4 is 11.1 Å². The minimum Gasteiger partial charge on any atom is -0.381 e. The summed E-state index contributed by atoms with van der Waals surface area (Å²) < 4.78 is 7.19. The van der Waals surface area contributed by atoms with Crippen LogP contribution in [0, 0.1) is 11.8 Å². The maximum atomic E-state index is 12.7. The standard InChI is InChI=1S/C18H25N5O3/c1-11(2)14(16(19)24)21-18(25)15-13-4-3-7-20-17(13)23(22-15)10-12-5-8-26-9-6-12/h3-4,7,11-12,14H,5-6,8-10H2,1-2H3,(H2,19,24)(H,21,25). The third-order valence-electron chi connectivity index (χ3n) is 4.75. The monoisotopic (exact) mass is 359 g/mol. The largest absolute Gasteiger partial charge is 0.381 e. The van der Waals surface area contributed by atoms with Crippen LogP contribution in [0.5, 0.6) is 0 Å². The van der Waals surface area contributed by atoms with Crippen LogP contribution in [0.25, 0.3) is 11.0 Å². The van der Waals surface area contributed by atoms with E-state index in [0.717, 1.165) is 26.1 Å². The summed E-state index contributed by atoms with van der Waals surface area (Å²) in [5, 5.41) is 7.88. The van der Waals surface area contributed by atoms with Gasteiger partial charge in [-0.15, -0.1) is 0 Å².